The predicted molar refractivity (Wildman–Crippen MR) is 211 cm³/mol. The number of aromatic amines is 1. The molecule has 2 aromatic carbocycles. The Balaban J connectivity index is 1.32. The van der Waals surface area contributed by atoms with E-state index in [-0.39, 0.29) is 62.0 Å². The number of hydrogen-bond acceptors (Lipinski definition) is 9. The number of halogens is 1. The van der Waals surface area contributed by atoms with Gasteiger partial charge in [0.25, 0.3) is 11.4 Å². The largest absolute Gasteiger partial charge is 0.490 e. The number of aryl methyl sites for hydroxylation is 1. The van der Waals surface area contributed by atoms with Gasteiger partial charge in [0, 0.05) is 62.4 Å². The second kappa shape index (κ2) is 19.0. The van der Waals surface area contributed by atoms with Crippen LogP contribution in [0.25, 0.3) is 10.9 Å². The summed E-state index contributed by atoms with van der Waals surface area (Å²) in [5.41, 5.74) is 4.93. The number of carbonyl (C=O) groups excluding carboxylic acids is 7. The summed E-state index contributed by atoms with van der Waals surface area (Å²) in [7, 11) is -3.49. The molecule has 8 N–H and O–H groups in total. The van der Waals surface area contributed by atoms with E-state index in [4.69, 9.17) is 22.1 Å². The molecule has 2 saturated heterocycles. The van der Waals surface area contributed by atoms with Gasteiger partial charge in [-0.15, -0.1) is 0 Å². The van der Waals surface area contributed by atoms with Crippen molar-refractivity contribution >= 4 is 71.1 Å². The fraction of sp³-hybridized carbons (Fsp3) is 0.447. The average Bonchev–Trinajstić information content (AvgIpc) is 3.80. The summed E-state index contributed by atoms with van der Waals surface area (Å²) < 4.78 is 17.6. The molecule has 0 spiro atoms. The number of fused-ring (bicyclic) bond motifs is 2. The smallest absolute Gasteiger partial charge is 0.396 e. The quantitative estimate of drug-likeness (QED) is 0.102. The van der Waals surface area contributed by atoms with Gasteiger partial charge in [-0.2, -0.15) is 0 Å². The van der Waals surface area contributed by atoms with Crippen LogP contribution in [0.2, 0.25) is 5.02 Å². The molecule has 6 amide bonds. The zero-order valence-corrected chi connectivity index (χ0v) is 33.6. The summed E-state index contributed by atoms with van der Waals surface area (Å²) in [6.07, 6.45) is 2.58. The summed E-state index contributed by atoms with van der Waals surface area (Å²) >= 11 is 6.65. The zero-order chi connectivity index (χ0) is 42.3. The highest BCUT2D eigenvalue weighted by Gasteiger charge is 2.45. The Morgan fingerprint density at radius 3 is 2.52 bits per heavy atom. The number of amides is 6. The second-order valence-corrected chi connectivity index (χ2v) is 16.3. The SMILES string of the molecule is CNC(=O)CCCc1cccc(OCC(CCC(N)=O)NC(=O)C2CCC3CCN(C(C)=O)CC(NC(=O)c4cc5cc(C(=O)P(=O)(O)O)ccc5[nH]4)C(=O)N32)c1Cl. The van der Waals surface area contributed by atoms with Gasteiger partial charge in [0.1, 0.15) is 30.1 Å². The van der Waals surface area contributed by atoms with Gasteiger partial charge in [-0.25, -0.2) is 0 Å². The second-order valence-electron chi connectivity index (χ2n) is 14.4. The molecule has 2 fully saturated rings. The molecular formula is C38H47ClN7O11P. The first kappa shape index (κ1) is 43.8. The first-order chi connectivity index (χ1) is 27.5. The minimum atomic E-state index is -5.06. The molecule has 18 nitrogen and oxygen atoms in total. The van der Waals surface area contributed by atoms with Gasteiger partial charge in [-0.3, -0.25) is 38.1 Å². The summed E-state index contributed by atoms with van der Waals surface area (Å²) in [5, 5.41) is 8.85. The molecule has 0 saturated carbocycles. The minimum absolute atomic E-state index is 0.0286. The molecule has 0 aliphatic carbocycles. The van der Waals surface area contributed by atoms with Crippen LogP contribution >= 0.6 is 19.2 Å². The van der Waals surface area contributed by atoms with Crippen molar-refractivity contribution in [1.82, 2.24) is 30.7 Å². The van der Waals surface area contributed by atoms with Crippen molar-refractivity contribution in [3.8, 4) is 5.75 Å². The van der Waals surface area contributed by atoms with E-state index in [2.05, 4.69) is 20.9 Å². The van der Waals surface area contributed by atoms with Gasteiger partial charge in [0.15, 0.2) is 0 Å². The number of nitrogens with one attached hydrogen (secondary N) is 4. The summed E-state index contributed by atoms with van der Waals surface area (Å²) in [5.74, 6) is -2.48. The van der Waals surface area contributed by atoms with E-state index in [0.29, 0.717) is 53.8 Å². The number of carbonyl (C=O) groups is 7. The van der Waals surface area contributed by atoms with Crippen molar-refractivity contribution in [2.75, 3.05) is 26.7 Å². The van der Waals surface area contributed by atoms with Crippen LogP contribution in [-0.4, -0.2) is 116 Å². The molecule has 0 radical (unpaired) electrons. The predicted octanol–water partition coefficient (Wildman–Crippen LogP) is 1.75. The first-order valence-electron chi connectivity index (χ1n) is 18.8. The maximum absolute atomic E-state index is 14.4. The molecule has 0 bridgehead atoms. The third kappa shape index (κ3) is 10.8. The van der Waals surface area contributed by atoms with Gasteiger partial charge in [-0.05, 0) is 74.4 Å². The molecular weight excluding hydrogens is 797 g/mol. The van der Waals surface area contributed by atoms with Gasteiger partial charge >= 0.3 is 7.60 Å². The highest BCUT2D eigenvalue weighted by Crippen LogP contribution is 2.39. The van der Waals surface area contributed by atoms with Crippen LogP contribution in [-0.2, 0) is 35.0 Å². The third-order valence-corrected chi connectivity index (χ3v) is 11.5. The van der Waals surface area contributed by atoms with Crippen molar-refractivity contribution in [1.29, 1.82) is 0 Å². The normalized spacial score (nSPS) is 18.8. The molecule has 20 heteroatoms. The van der Waals surface area contributed by atoms with Crippen LogP contribution in [0, 0.1) is 0 Å². The summed E-state index contributed by atoms with van der Waals surface area (Å²) in [6, 6.07) is 7.04. The number of rotatable bonds is 16. The Morgan fingerprint density at radius 2 is 1.83 bits per heavy atom. The fourth-order valence-electron chi connectivity index (χ4n) is 7.24. The van der Waals surface area contributed by atoms with Gasteiger partial charge < -0.3 is 51.0 Å². The molecule has 4 unspecified atom stereocenters. The maximum atomic E-state index is 14.4. The number of ether oxygens (including phenoxy) is 1. The van der Waals surface area contributed by atoms with E-state index >= 15 is 0 Å². The Hall–Kier alpha value is -5.29. The highest BCUT2D eigenvalue weighted by molar-refractivity contribution is 7.70. The lowest BCUT2D eigenvalue weighted by Crippen LogP contribution is -2.61. The van der Waals surface area contributed by atoms with Crippen molar-refractivity contribution in [2.45, 2.75) is 82.5 Å². The lowest BCUT2D eigenvalue weighted by molar-refractivity contribution is -0.145. The van der Waals surface area contributed by atoms with Crippen LogP contribution < -0.4 is 26.4 Å². The van der Waals surface area contributed by atoms with Gasteiger partial charge in [0.05, 0.1) is 11.1 Å². The molecule has 3 heterocycles. The van der Waals surface area contributed by atoms with E-state index < -0.39 is 60.9 Å². The molecule has 5 rings (SSSR count). The maximum Gasteiger partial charge on any atom is 0.396 e. The van der Waals surface area contributed by atoms with Crippen molar-refractivity contribution in [3.05, 3.63) is 64.3 Å². The number of primary amides is 1. The number of aromatic nitrogens is 1. The highest BCUT2D eigenvalue weighted by atomic mass is 35.5. The lowest BCUT2D eigenvalue weighted by Gasteiger charge is -2.38. The third-order valence-electron chi connectivity index (χ3n) is 10.3. The molecule has 3 aromatic rings. The van der Waals surface area contributed by atoms with Crippen LogP contribution in [0.4, 0.5) is 0 Å². The Morgan fingerprint density at radius 1 is 1.07 bits per heavy atom. The Kier molecular flexibility index (Phi) is 14.3. The summed E-state index contributed by atoms with van der Waals surface area (Å²) in [6.45, 7) is 1.34. The minimum Gasteiger partial charge on any atom is -0.490 e. The van der Waals surface area contributed by atoms with Crippen molar-refractivity contribution in [3.63, 3.8) is 0 Å². The number of nitrogens with two attached hydrogens (primary N) is 1. The molecule has 4 atom stereocenters. The number of benzene rings is 2. The van der Waals surface area contributed by atoms with Crippen LogP contribution in [0.3, 0.4) is 0 Å². The zero-order valence-electron chi connectivity index (χ0n) is 32.0. The number of hydrogen-bond donors (Lipinski definition) is 7. The van der Waals surface area contributed by atoms with Crippen molar-refractivity contribution in [2.24, 2.45) is 5.73 Å². The monoisotopic (exact) mass is 843 g/mol. The van der Waals surface area contributed by atoms with Crippen molar-refractivity contribution < 1.29 is 52.7 Å². The van der Waals surface area contributed by atoms with E-state index in [9.17, 15) is 47.9 Å². The standard InChI is InChI=1S/C38H47ClN7O11P/c1-21(47)45-16-15-26-11-13-30(36(51)42-25(10-14-32(40)48)20-57-31-7-3-5-22(34(31)39)6-4-8-33(49)41-2)46(26)37(52)29(19-45)44-35(50)28-18-24-17-23(9-12-27(24)43-28)38(53)58(54,55)56/h3,5,7,9,12,17-18,25-26,29-30,43H,4,6,8,10-11,13-16,19-20H2,1-2H3,(H2,40,48)(H,41,49)(H,42,51)(H,44,50)(H2,54,55,56). The first-order valence-corrected chi connectivity index (χ1v) is 20.8. The van der Waals surface area contributed by atoms with E-state index in [1.807, 2.05) is 6.07 Å². The van der Waals surface area contributed by atoms with Crippen LogP contribution in [0.5, 0.6) is 5.75 Å². The van der Waals surface area contributed by atoms with E-state index in [0.717, 1.165) is 5.56 Å². The lowest BCUT2D eigenvalue weighted by atomic mass is 10.1. The number of H-pyrrole nitrogens is 1. The van der Waals surface area contributed by atoms with E-state index in [1.165, 1.54) is 41.0 Å². The van der Waals surface area contributed by atoms with E-state index in [1.54, 1.807) is 19.2 Å². The fourth-order valence-corrected chi connectivity index (χ4v) is 7.99. The molecule has 1 aromatic heterocycles. The summed E-state index contributed by atoms with van der Waals surface area (Å²) in [4.78, 5) is 115. The van der Waals surface area contributed by atoms with Gasteiger partial charge in [0.2, 0.25) is 29.5 Å². The Labute approximate surface area is 338 Å². The molecule has 312 valence electrons. The topological polar surface area (TPSA) is 271 Å². The molecule has 2 aliphatic heterocycles. The Bertz CT molecular complexity index is 2140. The average molecular weight is 844 g/mol. The number of nitrogens with zero attached hydrogens (tertiary/aromatic N) is 2. The molecule has 2 aliphatic rings. The van der Waals surface area contributed by atoms with Gasteiger partial charge in [-0.1, -0.05) is 23.7 Å². The molecule has 58 heavy (non-hydrogen) atoms. The van der Waals surface area contributed by atoms with Crippen LogP contribution in [0.1, 0.15) is 78.3 Å². The van der Waals surface area contributed by atoms with Crippen LogP contribution in [0.15, 0.2) is 42.5 Å².